The molecule has 74 valence electrons. The minimum atomic E-state index is -0.606. The number of hydrogen-bond acceptors (Lipinski definition) is 3. The quantitative estimate of drug-likeness (QED) is 0.665. The number of ether oxygens (including phenoxy) is 2. The van der Waals surface area contributed by atoms with E-state index in [1.165, 1.54) is 6.08 Å². The van der Waals surface area contributed by atoms with Crippen molar-refractivity contribution >= 4 is 0 Å². The van der Waals surface area contributed by atoms with E-state index in [-0.39, 0.29) is 5.41 Å². The molecule has 0 aromatic carbocycles. The Morgan fingerprint density at radius 1 is 1.38 bits per heavy atom. The van der Waals surface area contributed by atoms with Gasteiger partial charge in [0.1, 0.15) is 6.79 Å². The summed E-state index contributed by atoms with van der Waals surface area (Å²) in [6.07, 6.45) is 3.35. The second-order valence-corrected chi connectivity index (χ2v) is 3.35. The van der Waals surface area contributed by atoms with Crippen LogP contribution in [0.3, 0.4) is 0 Å². The summed E-state index contributed by atoms with van der Waals surface area (Å²) in [5, 5.41) is 9.74. The Hall–Kier alpha value is -0.640. The summed E-state index contributed by atoms with van der Waals surface area (Å²) in [6, 6.07) is 0. The Kier molecular flexibility index (Phi) is 3.66. The molecule has 13 heavy (non-hydrogen) atoms. The third kappa shape index (κ3) is 2.18. The Bertz CT molecular complexity index is 183. The topological polar surface area (TPSA) is 38.7 Å². The van der Waals surface area contributed by atoms with E-state index in [1.807, 2.05) is 0 Å². The summed E-state index contributed by atoms with van der Waals surface area (Å²) in [6.45, 7) is 8.52. The van der Waals surface area contributed by atoms with E-state index in [0.29, 0.717) is 26.4 Å². The zero-order chi connectivity index (χ0) is 9.73. The first kappa shape index (κ1) is 10.4. The molecule has 1 N–H and O–H groups in total. The first-order chi connectivity index (χ1) is 6.25. The van der Waals surface area contributed by atoms with Gasteiger partial charge in [-0.1, -0.05) is 12.2 Å². The lowest BCUT2D eigenvalue weighted by Gasteiger charge is -2.38. The summed E-state index contributed by atoms with van der Waals surface area (Å²) in [5.74, 6) is 0. The Balaban J connectivity index is 2.71. The lowest BCUT2D eigenvalue weighted by atomic mass is 9.80. The predicted octanol–water partition coefficient (Wildman–Crippen LogP) is 1.10. The van der Waals surface area contributed by atoms with Crippen LogP contribution in [0, 0.1) is 5.41 Å². The smallest absolute Gasteiger partial charge is 0.146 e. The highest BCUT2D eigenvalue weighted by molar-refractivity contribution is 4.99. The fraction of sp³-hybridized carbons (Fsp3) is 0.600. The van der Waals surface area contributed by atoms with Gasteiger partial charge in [-0.15, -0.1) is 13.2 Å². The molecule has 0 bridgehead atoms. The average molecular weight is 184 g/mol. The summed E-state index contributed by atoms with van der Waals surface area (Å²) < 4.78 is 10.4. The third-order valence-electron chi connectivity index (χ3n) is 2.35. The van der Waals surface area contributed by atoms with Crippen molar-refractivity contribution in [2.24, 2.45) is 5.41 Å². The molecule has 3 nitrogen and oxygen atoms in total. The highest BCUT2D eigenvalue weighted by Gasteiger charge is 2.38. The minimum Gasteiger partial charge on any atom is -0.388 e. The van der Waals surface area contributed by atoms with Crippen LogP contribution in [0.4, 0.5) is 0 Å². The first-order valence-corrected chi connectivity index (χ1v) is 4.32. The standard InChI is InChI=1S/C10H16O3/c1-3-5-10(9(11)4-2)6-12-8-13-7-10/h3-4,9,11H,1-2,5-8H2. The average Bonchev–Trinajstić information content (AvgIpc) is 2.18. The van der Waals surface area contributed by atoms with Gasteiger partial charge in [0.2, 0.25) is 0 Å². The van der Waals surface area contributed by atoms with Crippen LogP contribution in [0.5, 0.6) is 0 Å². The van der Waals surface area contributed by atoms with Crippen molar-refractivity contribution < 1.29 is 14.6 Å². The molecule has 0 aliphatic carbocycles. The summed E-state index contributed by atoms with van der Waals surface area (Å²) in [5.41, 5.74) is -0.387. The maximum atomic E-state index is 9.74. The molecule has 0 spiro atoms. The van der Waals surface area contributed by atoms with Crippen LogP contribution >= 0.6 is 0 Å². The van der Waals surface area contributed by atoms with Crippen molar-refractivity contribution in [3.63, 3.8) is 0 Å². The molecule has 1 aliphatic heterocycles. The van der Waals surface area contributed by atoms with E-state index in [9.17, 15) is 5.11 Å². The van der Waals surface area contributed by atoms with Gasteiger partial charge in [-0.05, 0) is 6.42 Å². The van der Waals surface area contributed by atoms with Crippen LogP contribution in [0.25, 0.3) is 0 Å². The molecule has 1 atom stereocenters. The summed E-state index contributed by atoms with van der Waals surface area (Å²) in [4.78, 5) is 0. The van der Waals surface area contributed by atoms with Crippen LogP contribution in [0.2, 0.25) is 0 Å². The number of allylic oxidation sites excluding steroid dienone is 1. The van der Waals surface area contributed by atoms with Crippen molar-refractivity contribution in [3.8, 4) is 0 Å². The molecular formula is C10H16O3. The maximum Gasteiger partial charge on any atom is 0.146 e. The van der Waals surface area contributed by atoms with Crippen molar-refractivity contribution in [3.05, 3.63) is 25.3 Å². The zero-order valence-electron chi connectivity index (χ0n) is 7.74. The highest BCUT2D eigenvalue weighted by atomic mass is 16.7. The number of rotatable bonds is 4. The van der Waals surface area contributed by atoms with Gasteiger partial charge in [-0.25, -0.2) is 0 Å². The van der Waals surface area contributed by atoms with Gasteiger partial charge >= 0.3 is 0 Å². The van der Waals surface area contributed by atoms with Gasteiger partial charge < -0.3 is 14.6 Å². The van der Waals surface area contributed by atoms with E-state index < -0.39 is 6.10 Å². The molecule has 1 rings (SSSR count). The molecule has 0 saturated carbocycles. The molecular weight excluding hydrogens is 168 g/mol. The fourth-order valence-electron chi connectivity index (χ4n) is 1.54. The van der Waals surface area contributed by atoms with Gasteiger partial charge in [0.05, 0.1) is 24.7 Å². The molecule has 1 heterocycles. The summed E-state index contributed by atoms with van der Waals surface area (Å²) >= 11 is 0. The molecule has 0 radical (unpaired) electrons. The van der Waals surface area contributed by atoms with Gasteiger partial charge in [0, 0.05) is 0 Å². The molecule has 1 unspecified atom stereocenters. The predicted molar refractivity (Wildman–Crippen MR) is 50.2 cm³/mol. The van der Waals surface area contributed by atoms with E-state index in [2.05, 4.69) is 13.2 Å². The Morgan fingerprint density at radius 2 is 2.00 bits per heavy atom. The van der Waals surface area contributed by atoms with E-state index in [1.54, 1.807) is 6.08 Å². The van der Waals surface area contributed by atoms with Crippen LogP contribution in [-0.4, -0.2) is 31.2 Å². The lowest BCUT2D eigenvalue weighted by Crippen LogP contribution is -2.45. The van der Waals surface area contributed by atoms with E-state index >= 15 is 0 Å². The first-order valence-electron chi connectivity index (χ1n) is 4.32. The molecule has 0 aromatic heterocycles. The summed E-state index contributed by atoms with van der Waals surface area (Å²) in [7, 11) is 0. The van der Waals surface area contributed by atoms with Crippen molar-refractivity contribution in [1.82, 2.24) is 0 Å². The Morgan fingerprint density at radius 3 is 2.46 bits per heavy atom. The Labute approximate surface area is 78.7 Å². The van der Waals surface area contributed by atoms with Crippen molar-refractivity contribution in [2.75, 3.05) is 20.0 Å². The number of hydrogen-bond donors (Lipinski definition) is 1. The molecule has 1 saturated heterocycles. The lowest BCUT2D eigenvalue weighted by molar-refractivity contribution is -0.186. The monoisotopic (exact) mass is 184 g/mol. The van der Waals surface area contributed by atoms with Crippen molar-refractivity contribution in [2.45, 2.75) is 12.5 Å². The van der Waals surface area contributed by atoms with Crippen molar-refractivity contribution in [1.29, 1.82) is 0 Å². The zero-order valence-corrected chi connectivity index (χ0v) is 7.74. The number of aliphatic hydroxyl groups is 1. The largest absolute Gasteiger partial charge is 0.388 e. The number of aliphatic hydroxyl groups excluding tert-OH is 1. The second-order valence-electron chi connectivity index (χ2n) is 3.35. The SMILES string of the molecule is C=CCC1(C(O)C=C)COCOC1. The van der Waals surface area contributed by atoms with Crippen LogP contribution < -0.4 is 0 Å². The van der Waals surface area contributed by atoms with Crippen LogP contribution in [0.15, 0.2) is 25.3 Å². The van der Waals surface area contributed by atoms with E-state index in [0.717, 1.165) is 0 Å². The van der Waals surface area contributed by atoms with Crippen LogP contribution in [-0.2, 0) is 9.47 Å². The van der Waals surface area contributed by atoms with Gasteiger partial charge in [0.15, 0.2) is 0 Å². The third-order valence-corrected chi connectivity index (χ3v) is 2.35. The van der Waals surface area contributed by atoms with Crippen LogP contribution in [0.1, 0.15) is 6.42 Å². The normalized spacial score (nSPS) is 23.5. The van der Waals surface area contributed by atoms with Gasteiger partial charge in [-0.3, -0.25) is 0 Å². The second kappa shape index (κ2) is 4.56. The highest BCUT2D eigenvalue weighted by Crippen LogP contribution is 2.31. The minimum absolute atomic E-state index is 0.308. The van der Waals surface area contributed by atoms with Gasteiger partial charge in [-0.2, -0.15) is 0 Å². The maximum absolute atomic E-state index is 9.74. The molecule has 0 amide bonds. The van der Waals surface area contributed by atoms with Gasteiger partial charge in [0.25, 0.3) is 0 Å². The molecule has 1 fully saturated rings. The molecule has 3 heteroatoms. The fourth-order valence-corrected chi connectivity index (χ4v) is 1.54. The molecule has 1 aliphatic rings. The molecule has 0 aromatic rings. The van der Waals surface area contributed by atoms with E-state index in [4.69, 9.17) is 9.47 Å².